The van der Waals surface area contributed by atoms with Crippen LogP contribution >= 0.6 is 0 Å². The number of benzene rings is 1. The Kier molecular flexibility index (Phi) is 6.43. The van der Waals surface area contributed by atoms with Crippen LogP contribution in [0.1, 0.15) is 23.2 Å². The molecule has 0 radical (unpaired) electrons. The smallest absolute Gasteiger partial charge is 0.321 e. The number of likely N-dealkylation sites (N-methyl/N-ethyl adjacent to an activating group) is 1. The number of carbonyl (C=O) groups is 2. The fourth-order valence-corrected chi connectivity index (χ4v) is 2.82. The molecule has 144 valence electrons. The molecule has 1 aromatic heterocycles. The third-order valence-electron chi connectivity index (χ3n) is 4.51. The highest BCUT2D eigenvalue weighted by Gasteiger charge is 2.16. The number of ether oxygens (including phenoxy) is 1. The van der Waals surface area contributed by atoms with Gasteiger partial charge in [0, 0.05) is 56.9 Å². The summed E-state index contributed by atoms with van der Waals surface area (Å²) in [4.78, 5) is 30.0. The van der Waals surface area contributed by atoms with Gasteiger partial charge in [-0.2, -0.15) is 0 Å². The van der Waals surface area contributed by atoms with E-state index in [4.69, 9.17) is 4.74 Å². The summed E-state index contributed by atoms with van der Waals surface area (Å²) in [6, 6.07) is 6.65. The van der Waals surface area contributed by atoms with Gasteiger partial charge >= 0.3 is 6.03 Å². The van der Waals surface area contributed by atoms with Gasteiger partial charge in [0.15, 0.2) is 0 Å². The maximum atomic E-state index is 12.2. The van der Waals surface area contributed by atoms with Crippen LogP contribution in [-0.4, -0.2) is 59.2 Å². The van der Waals surface area contributed by atoms with Gasteiger partial charge in [0.1, 0.15) is 0 Å². The number of aromatic nitrogens is 2. The van der Waals surface area contributed by atoms with Gasteiger partial charge in [-0.1, -0.05) is 0 Å². The molecule has 0 saturated carbocycles. The number of anilines is 1. The lowest BCUT2D eigenvalue weighted by Gasteiger charge is -2.18. The van der Waals surface area contributed by atoms with Crippen molar-refractivity contribution in [3.63, 3.8) is 0 Å². The molecule has 0 aliphatic carbocycles. The normalized spacial score (nSPS) is 16.1. The Balaban J connectivity index is 1.44. The van der Waals surface area contributed by atoms with Crippen LogP contribution in [-0.2, 0) is 11.3 Å². The molecular weight excluding hydrogens is 346 g/mol. The van der Waals surface area contributed by atoms with E-state index in [1.165, 1.54) is 0 Å². The van der Waals surface area contributed by atoms with Gasteiger partial charge in [0.2, 0.25) is 0 Å². The fourth-order valence-electron chi connectivity index (χ4n) is 2.82. The van der Waals surface area contributed by atoms with Crippen molar-refractivity contribution in [3.05, 3.63) is 48.5 Å². The van der Waals surface area contributed by atoms with Crippen molar-refractivity contribution in [1.82, 2.24) is 19.8 Å². The number of nitrogens with one attached hydrogen (secondary N) is 2. The van der Waals surface area contributed by atoms with Gasteiger partial charge < -0.3 is 24.8 Å². The summed E-state index contributed by atoms with van der Waals surface area (Å²) in [5.41, 5.74) is 1.20. The number of rotatable bonds is 7. The van der Waals surface area contributed by atoms with E-state index in [1.807, 2.05) is 10.8 Å². The Hall–Kier alpha value is -2.87. The van der Waals surface area contributed by atoms with E-state index in [-0.39, 0.29) is 18.0 Å². The predicted octanol–water partition coefficient (Wildman–Crippen LogP) is 1.96. The van der Waals surface area contributed by atoms with Crippen LogP contribution in [0.3, 0.4) is 0 Å². The second-order valence-electron chi connectivity index (χ2n) is 6.57. The first-order valence-corrected chi connectivity index (χ1v) is 9.09. The van der Waals surface area contributed by atoms with E-state index >= 15 is 0 Å². The van der Waals surface area contributed by atoms with Crippen molar-refractivity contribution in [3.8, 4) is 0 Å². The monoisotopic (exact) mass is 371 g/mol. The second-order valence-corrected chi connectivity index (χ2v) is 6.57. The van der Waals surface area contributed by atoms with E-state index in [9.17, 15) is 9.59 Å². The molecular formula is C19H25N5O3. The molecule has 3 rings (SSSR count). The Labute approximate surface area is 158 Å². The van der Waals surface area contributed by atoms with Gasteiger partial charge in [-0.05, 0) is 37.1 Å². The van der Waals surface area contributed by atoms with Crippen LogP contribution in [0, 0.1) is 0 Å². The molecule has 1 aliphatic heterocycles. The maximum absolute atomic E-state index is 12.2. The Bertz CT molecular complexity index is 739. The minimum atomic E-state index is -0.203. The van der Waals surface area contributed by atoms with Crippen molar-refractivity contribution in [1.29, 1.82) is 0 Å². The molecule has 1 aliphatic rings. The van der Waals surface area contributed by atoms with Crippen LogP contribution in [0.4, 0.5) is 10.5 Å². The zero-order valence-electron chi connectivity index (χ0n) is 15.4. The standard InChI is InChI=1S/C19H25N5O3/c1-23(10-11-24-9-8-20-14-24)19(26)22-16-6-4-15(5-7-16)18(25)21-13-17-3-2-12-27-17/h4-9,14,17H,2-3,10-13H2,1H3,(H,21,25)(H,22,26). The molecule has 2 heterocycles. The average molecular weight is 371 g/mol. The number of urea groups is 1. The molecule has 1 fully saturated rings. The quantitative estimate of drug-likeness (QED) is 0.779. The highest BCUT2D eigenvalue weighted by Crippen LogP contribution is 2.12. The van der Waals surface area contributed by atoms with Crippen molar-refractivity contribution in [2.45, 2.75) is 25.5 Å². The SMILES string of the molecule is CN(CCn1ccnc1)C(=O)Nc1ccc(C(=O)NCC2CCCO2)cc1. The Morgan fingerprint density at radius 1 is 1.33 bits per heavy atom. The summed E-state index contributed by atoms with van der Waals surface area (Å²) in [6.07, 6.45) is 7.43. The van der Waals surface area contributed by atoms with E-state index in [2.05, 4.69) is 15.6 Å². The van der Waals surface area contributed by atoms with E-state index in [0.717, 1.165) is 19.4 Å². The van der Waals surface area contributed by atoms with Gasteiger partial charge in [0.05, 0.1) is 12.4 Å². The van der Waals surface area contributed by atoms with Crippen LogP contribution in [0.2, 0.25) is 0 Å². The molecule has 1 atom stereocenters. The summed E-state index contributed by atoms with van der Waals surface area (Å²) >= 11 is 0. The molecule has 1 aromatic carbocycles. The average Bonchev–Trinajstić information content (AvgIpc) is 3.38. The first-order valence-electron chi connectivity index (χ1n) is 9.09. The highest BCUT2D eigenvalue weighted by atomic mass is 16.5. The molecule has 1 saturated heterocycles. The van der Waals surface area contributed by atoms with Crippen molar-refractivity contribution in [2.24, 2.45) is 0 Å². The zero-order valence-corrected chi connectivity index (χ0v) is 15.4. The molecule has 1 unspecified atom stereocenters. The molecule has 3 amide bonds. The third kappa shape index (κ3) is 5.55. The first kappa shape index (κ1) is 18.9. The zero-order chi connectivity index (χ0) is 19.1. The Morgan fingerprint density at radius 2 is 2.15 bits per heavy atom. The highest BCUT2D eigenvalue weighted by molar-refractivity contribution is 5.95. The summed E-state index contributed by atoms with van der Waals surface area (Å²) in [5.74, 6) is -0.138. The van der Waals surface area contributed by atoms with Crippen LogP contribution in [0.15, 0.2) is 43.0 Å². The van der Waals surface area contributed by atoms with Crippen LogP contribution in [0.5, 0.6) is 0 Å². The van der Waals surface area contributed by atoms with Crippen molar-refractivity contribution < 1.29 is 14.3 Å². The van der Waals surface area contributed by atoms with Crippen LogP contribution < -0.4 is 10.6 Å². The summed E-state index contributed by atoms with van der Waals surface area (Å²) in [5, 5.41) is 5.71. The maximum Gasteiger partial charge on any atom is 0.321 e. The van der Waals surface area contributed by atoms with Gasteiger partial charge in [-0.15, -0.1) is 0 Å². The van der Waals surface area contributed by atoms with Crippen molar-refractivity contribution in [2.75, 3.05) is 32.1 Å². The summed E-state index contributed by atoms with van der Waals surface area (Å²) < 4.78 is 7.41. The second kappa shape index (κ2) is 9.18. The lowest BCUT2D eigenvalue weighted by atomic mass is 10.2. The molecule has 8 nitrogen and oxygen atoms in total. The third-order valence-corrected chi connectivity index (χ3v) is 4.51. The van der Waals surface area contributed by atoms with E-state index in [1.54, 1.807) is 48.7 Å². The number of imidazole rings is 1. The molecule has 0 spiro atoms. The van der Waals surface area contributed by atoms with Crippen molar-refractivity contribution >= 4 is 17.6 Å². The van der Waals surface area contributed by atoms with Gasteiger partial charge in [-0.3, -0.25) is 4.79 Å². The van der Waals surface area contributed by atoms with E-state index in [0.29, 0.717) is 30.9 Å². The number of carbonyl (C=O) groups excluding carboxylic acids is 2. The minimum Gasteiger partial charge on any atom is -0.376 e. The molecule has 2 aromatic rings. The molecule has 27 heavy (non-hydrogen) atoms. The van der Waals surface area contributed by atoms with E-state index < -0.39 is 0 Å². The topological polar surface area (TPSA) is 88.5 Å². The lowest BCUT2D eigenvalue weighted by molar-refractivity contribution is 0.0858. The summed E-state index contributed by atoms with van der Waals surface area (Å²) in [7, 11) is 1.74. The molecule has 2 N–H and O–H groups in total. The van der Waals surface area contributed by atoms with Gasteiger partial charge in [-0.25, -0.2) is 9.78 Å². The summed E-state index contributed by atoms with van der Waals surface area (Å²) in [6.45, 7) is 2.53. The fraction of sp³-hybridized carbons (Fsp3) is 0.421. The molecule has 8 heteroatoms. The van der Waals surface area contributed by atoms with Gasteiger partial charge in [0.25, 0.3) is 5.91 Å². The number of amides is 3. The number of nitrogens with zero attached hydrogens (tertiary/aromatic N) is 3. The minimum absolute atomic E-state index is 0.116. The largest absolute Gasteiger partial charge is 0.376 e. The number of hydrogen-bond donors (Lipinski definition) is 2. The predicted molar refractivity (Wildman–Crippen MR) is 102 cm³/mol. The molecule has 0 bridgehead atoms. The number of hydrogen-bond acceptors (Lipinski definition) is 4. The Morgan fingerprint density at radius 3 is 2.81 bits per heavy atom. The lowest BCUT2D eigenvalue weighted by Crippen LogP contribution is -2.33. The first-order chi connectivity index (χ1) is 13.1. The van der Waals surface area contributed by atoms with Crippen LogP contribution in [0.25, 0.3) is 0 Å².